The number of amides is 2. The molecular formula is C22H23Cl2N5O5S. The first kappa shape index (κ1) is 25.2. The molecule has 4 rings (SSSR count). The molecule has 3 aromatic rings. The van der Waals surface area contributed by atoms with Crippen molar-refractivity contribution in [2.45, 2.75) is 30.7 Å². The zero-order chi connectivity index (χ0) is 25.2. The number of nitrogens with one attached hydrogen (secondary N) is 2. The Morgan fingerprint density at radius 1 is 1.11 bits per heavy atom. The molecule has 186 valence electrons. The van der Waals surface area contributed by atoms with Gasteiger partial charge in [0.25, 0.3) is 11.8 Å². The van der Waals surface area contributed by atoms with E-state index in [4.69, 9.17) is 27.6 Å². The maximum atomic E-state index is 13.2. The Kier molecular flexibility index (Phi) is 7.50. The van der Waals surface area contributed by atoms with Gasteiger partial charge >= 0.3 is 0 Å². The lowest BCUT2D eigenvalue weighted by Crippen LogP contribution is -2.35. The average molecular weight is 540 g/mol. The van der Waals surface area contributed by atoms with Crippen LogP contribution in [0.1, 0.15) is 45.9 Å². The number of halogens is 2. The summed E-state index contributed by atoms with van der Waals surface area (Å²) in [6, 6.07) is 5.80. The number of anilines is 1. The number of carbonyl (C=O) groups is 2. The second-order valence-electron chi connectivity index (χ2n) is 8.01. The molecule has 10 nitrogen and oxygen atoms in total. The molecule has 0 atom stereocenters. The van der Waals surface area contributed by atoms with Crippen LogP contribution in [-0.2, 0) is 23.6 Å². The summed E-state index contributed by atoms with van der Waals surface area (Å²) in [7, 11) is -2.32. The van der Waals surface area contributed by atoms with E-state index >= 15 is 0 Å². The molecule has 2 N–H and O–H groups in total. The number of hydrogen-bond donors (Lipinski definition) is 2. The van der Waals surface area contributed by atoms with Gasteiger partial charge in [-0.25, -0.2) is 8.42 Å². The molecule has 35 heavy (non-hydrogen) atoms. The Morgan fingerprint density at radius 2 is 1.86 bits per heavy atom. The fraction of sp³-hybridized carbons (Fsp3) is 0.318. The third kappa shape index (κ3) is 5.53. The van der Waals surface area contributed by atoms with E-state index in [2.05, 4.69) is 15.7 Å². The van der Waals surface area contributed by atoms with Gasteiger partial charge in [0.1, 0.15) is 10.7 Å². The molecule has 2 aromatic heterocycles. The van der Waals surface area contributed by atoms with Crippen molar-refractivity contribution in [1.82, 2.24) is 19.4 Å². The summed E-state index contributed by atoms with van der Waals surface area (Å²) in [6.45, 7) is 0.903. The van der Waals surface area contributed by atoms with Gasteiger partial charge in [-0.15, -0.1) is 0 Å². The van der Waals surface area contributed by atoms with Gasteiger partial charge in [-0.2, -0.15) is 9.40 Å². The van der Waals surface area contributed by atoms with Gasteiger partial charge in [0.15, 0.2) is 5.69 Å². The van der Waals surface area contributed by atoms with Gasteiger partial charge in [0, 0.05) is 26.3 Å². The minimum absolute atomic E-state index is 0.0290. The number of nitrogens with zero attached hydrogens (tertiary/aromatic N) is 3. The van der Waals surface area contributed by atoms with Crippen molar-refractivity contribution in [3.05, 3.63) is 63.8 Å². The molecule has 0 unspecified atom stereocenters. The quantitative estimate of drug-likeness (QED) is 0.471. The van der Waals surface area contributed by atoms with E-state index in [-0.39, 0.29) is 38.4 Å². The lowest BCUT2D eigenvalue weighted by molar-refractivity contribution is 0.0943. The van der Waals surface area contributed by atoms with Crippen LogP contribution in [0.25, 0.3) is 0 Å². The van der Waals surface area contributed by atoms with Crippen molar-refractivity contribution in [3.8, 4) is 0 Å². The van der Waals surface area contributed by atoms with Gasteiger partial charge in [-0.3, -0.25) is 14.3 Å². The first-order valence-electron chi connectivity index (χ1n) is 10.8. The highest BCUT2D eigenvalue weighted by Gasteiger charge is 2.30. The normalized spacial score (nSPS) is 14.6. The second kappa shape index (κ2) is 10.4. The van der Waals surface area contributed by atoms with Gasteiger partial charge < -0.3 is 15.1 Å². The fourth-order valence-corrected chi connectivity index (χ4v) is 6.10. The molecule has 1 aliphatic rings. The average Bonchev–Trinajstić information content (AvgIpc) is 3.47. The third-order valence-corrected chi connectivity index (χ3v) is 8.17. The summed E-state index contributed by atoms with van der Waals surface area (Å²) in [5.74, 6) is -0.696. The lowest BCUT2D eigenvalue weighted by atomic mass is 10.2. The summed E-state index contributed by atoms with van der Waals surface area (Å²) >= 11 is 12.5. The van der Waals surface area contributed by atoms with Crippen molar-refractivity contribution in [2.75, 3.05) is 18.4 Å². The number of carbonyl (C=O) groups excluding carboxylic acids is 2. The van der Waals surface area contributed by atoms with Crippen molar-refractivity contribution in [1.29, 1.82) is 0 Å². The molecule has 0 radical (unpaired) electrons. The Balaban J connectivity index is 1.58. The number of rotatable bonds is 7. The van der Waals surface area contributed by atoms with Gasteiger partial charge in [0.05, 0.1) is 34.1 Å². The molecule has 1 saturated heterocycles. The minimum Gasteiger partial charge on any atom is -0.467 e. The summed E-state index contributed by atoms with van der Waals surface area (Å²) in [5.41, 5.74) is -0.00278. The molecule has 1 aliphatic heterocycles. The number of benzene rings is 1. The van der Waals surface area contributed by atoms with E-state index in [0.29, 0.717) is 18.8 Å². The van der Waals surface area contributed by atoms with Gasteiger partial charge in [0.2, 0.25) is 10.0 Å². The first-order valence-corrected chi connectivity index (χ1v) is 13.0. The Hall–Kier alpha value is -2.86. The number of hydrogen-bond acceptors (Lipinski definition) is 6. The molecule has 13 heteroatoms. The predicted octanol–water partition coefficient (Wildman–Crippen LogP) is 3.68. The van der Waals surface area contributed by atoms with Crippen LogP contribution in [0.4, 0.5) is 5.69 Å². The van der Waals surface area contributed by atoms with E-state index in [0.717, 1.165) is 25.3 Å². The van der Waals surface area contributed by atoms with E-state index in [9.17, 15) is 18.0 Å². The van der Waals surface area contributed by atoms with Crippen molar-refractivity contribution in [2.24, 2.45) is 7.05 Å². The highest BCUT2D eigenvalue weighted by molar-refractivity contribution is 7.89. The monoisotopic (exact) mass is 539 g/mol. The van der Waals surface area contributed by atoms with Crippen LogP contribution >= 0.6 is 23.2 Å². The number of aromatic nitrogens is 2. The highest BCUT2D eigenvalue weighted by atomic mass is 35.5. The van der Waals surface area contributed by atoms with Crippen molar-refractivity contribution >= 4 is 50.7 Å². The second-order valence-corrected chi connectivity index (χ2v) is 10.7. The molecule has 1 fully saturated rings. The molecule has 2 amide bonds. The number of furan rings is 1. The van der Waals surface area contributed by atoms with Crippen LogP contribution < -0.4 is 10.6 Å². The third-order valence-electron chi connectivity index (χ3n) is 5.49. The molecule has 1 aromatic carbocycles. The maximum Gasteiger partial charge on any atom is 0.274 e. The summed E-state index contributed by atoms with van der Waals surface area (Å²) in [6.07, 6.45) is 5.40. The highest BCUT2D eigenvalue weighted by Crippen LogP contribution is 2.32. The number of aryl methyl sites for hydroxylation is 1. The maximum absolute atomic E-state index is 13.2. The fourth-order valence-electron chi connectivity index (χ4n) is 3.75. The van der Waals surface area contributed by atoms with Crippen LogP contribution in [0.2, 0.25) is 10.0 Å². The van der Waals surface area contributed by atoms with Crippen LogP contribution in [0, 0.1) is 0 Å². The Morgan fingerprint density at radius 3 is 2.54 bits per heavy atom. The van der Waals surface area contributed by atoms with E-state index in [1.165, 1.54) is 27.5 Å². The Labute approximate surface area is 212 Å². The molecular weight excluding hydrogens is 517 g/mol. The van der Waals surface area contributed by atoms with Crippen LogP contribution in [0.3, 0.4) is 0 Å². The zero-order valence-electron chi connectivity index (χ0n) is 18.8. The summed E-state index contributed by atoms with van der Waals surface area (Å²) < 4.78 is 34.2. The summed E-state index contributed by atoms with van der Waals surface area (Å²) in [5, 5.41) is 9.27. The number of sulfonamides is 1. The van der Waals surface area contributed by atoms with E-state index in [1.807, 2.05) is 0 Å². The predicted molar refractivity (Wildman–Crippen MR) is 130 cm³/mol. The molecule has 3 heterocycles. The molecule has 0 aliphatic carbocycles. The minimum atomic E-state index is -3.91. The zero-order valence-corrected chi connectivity index (χ0v) is 21.1. The number of piperidine rings is 1. The Bertz CT molecular complexity index is 1350. The lowest BCUT2D eigenvalue weighted by Gasteiger charge is -2.26. The van der Waals surface area contributed by atoms with E-state index < -0.39 is 21.8 Å². The standard InChI is InChI=1S/C22H23Cl2N5O5S/c1-28-13-18(20(27-28)22(31)25-12-14-6-5-9-34-14)26-21(30)15-10-19(17(24)11-16(15)23)35(32,33)29-7-3-2-4-8-29/h5-6,9-11,13H,2-4,7-8,12H2,1H3,(H,25,31)(H,26,30). The van der Waals surface area contributed by atoms with Crippen LogP contribution in [0.15, 0.2) is 46.0 Å². The topological polar surface area (TPSA) is 127 Å². The molecule has 0 bridgehead atoms. The van der Waals surface area contributed by atoms with Crippen molar-refractivity contribution < 1.29 is 22.4 Å². The van der Waals surface area contributed by atoms with Crippen LogP contribution in [0.5, 0.6) is 0 Å². The van der Waals surface area contributed by atoms with Crippen LogP contribution in [-0.4, -0.2) is 47.4 Å². The largest absolute Gasteiger partial charge is 0.467 e. The molecule has 0 saturated carbocycles. The van der Waals surface area contributed by atoms with Gasteiger partial charge in [-0.1, -0.05) is 29.6 Å². The van der Waals surface area contributed by atoms with Crippen molar-refractivity contribution in [3.63, 3.8) is 0 Å². The SMILES string of the molecule is Cn1cc(NC(=O)c2cc(S(=O)(=O)N3CCCCC3)c(Cl)cc2Cl)c(C(=O)NCc2ccco2)n1. The van der Waals surface area contributed by atoms with E-state index in [1.54, 1.807) is 19.2 Å². The smallest absolute Gasteiger partial charge is 0.274 e. The summed E-state index contributed by atoms with van der Waals surface area (Å²) in [4.78, 5) is 25.6. The molecule has 0 spiro atoms. The van der Waals surface area contributed by atoms with Gasteiger partial charge in [-0.05, 0) is 37.1 Å². The first-order chi connectivity index (χ1) is 16.7.